The van der Waals surface area contributed by atoms with Crippen LogP contribution in [0.5, 0.6) is 11.5 Å². The summed E-state index contributed by atoms with van der Waals surface area (Å²) in [6, 6.07) is 8.52. The number of hydrogen-bond acceptors (Lipinski definition) is 5. The van der Waals surface area contributed by atoms with Gasteiger partial charge in [0.25, 0.3) is 0 Å². The smallest absolute Gasteiger partial charge is 0.167 e. The molecule has 1 aromatic heterocycles. The lowest BCUT2D eigenvalue weighted by molar-refractivity contribution is 0.297. The minimum absolute atomic E-state index is 0.670. The predicted molar refractivity (Wildman–Crippen MR) is 77.4 cm³/mol. The van der Waals surface area contributed by atoms with E-state index in [1.807, 2.05) is 24.3 Å². The molecular formula is C16H18N2O3. The molecule has 0 spiro atoms. The third kappa shape index (κ3) is 2.88. The molecule has 1 saturated carbocycles. The van der Waals surface area contributed by atoms with Crippen LogP contribution in [0.2, 0.25) is 0 Å². The summed E-state index contributed by atoms with van der Waals surface area (Å²) in [5.41, 5.74) is 1.90. The highest BCUT2D eigenvalue weighted by Gasteiger charge is 2.21. The van der Waals surface area contributed by atoms with E-state index >= 15 is 0 Å². The Morgan fingerprint density at radius 2 is 1.95 bits per heavy atom. The summed E-state index contributed by atoms with van der Waals surface area (Å²) in [7, 11) is 0. The van der Waals surface area contributed by atoms with Crippen LogP contribution in [-0.4, -0.2) is 24.4 Å². The zero-order chi connectivity index (χ0) is 14.1. The molecule has 0 radical (unpaired) electrons. The van der Waals surface area contributed by atoms with Gasteiger partial charge < -0.3 is 19.3 Å². The average Bonchev–Trinajstić information content (AvgIpc) is 3.27. The molecule has 0 atom stereocenters. The Hall–Kier alpha value is -2.01. The van der Waals surface area contributed by atoms with Crippen LogP contribution in [0.15, 0.2) is 28.8 Å². The quantitative estimate of drug-likeness (QED) is 0.936. The van der Waals surface area contributed by atoms with Gasteiger partial charge in [0.05, 0.1) is 18.9 Å². The third-order valence-electron chi connectivity index (χ3n) is 3.74. The lowest BCUT2D eigenvalue weighted by atomic mass is 10.1. The van der Waals surface area contributed by atoms with Crippen LogP contribution in [0.4, 0.5) is 0 Å². The molecule has 1 N–H and O–H groups in total. The average molecular weight is 286 g/mol. The van der Waals surface area contributed by atoms with Crippen molar-refractivity contribution in [2.75, 3.05) is 13.2 Å². The second kappa shape index (κ2) is 5.41. The van der Waals surface area contributed by atoms with E-state index in [2.05, 4.69) is 10.5 Å². The number of ether oxygens (including phenoxy) is 2. The lowest BCUT2D eigenvalue weighted by Crippen LogP contribution is -2.15. The highest BCUT2D eigenvalue weighted by molar-refractivity contribution is 5.62. The van der Waals surface area contributed by atoms with Crippen molar-refractivity contribution in [3.8, 4) is 22.8 Å². The largest absolute Gasteiger partial charge is 0.490 e. The second-order valence-corrected chi connectivity index (χ2v) is 5.55. The SMILES string of the molecule is c1cc2c(cc1-c1cc(CNC3CC3)no1)OCCCO2. The highest BCUT2D eigenvalue weighted by Crippen LogP contribution is 2.34. The molecule has 2 aromatic rings. The lowest BCUT2D eigenvalue weighted by Gasteiger charge is -2.07. The zero-order valence-electron chi connectivity index (χ0n) is 11.8. The molecule has 1 aromatic carbocycles. The Kier molecular flexibility index (Phi) is 3.27. The molecule has 0 unspecified atom stereocenters. The van der Waals surface area contributed by atoms with Crippen molar-refractivity contribution in [3.63, 3.8) is 0 Å². The number of aromatic nitrogens is 1. The van der Waals surface area contributed by atoms with E-state index in [1.54, 1.807) is 0 Å². The summed E-state index contributed by atoms with van der Waals surface area (Å²) in [6.07, 6.45) is 3.45. The van der Waals surface area contributed by atoms with Crippen LogP contribution in [0.25, 0.3) is 11.3 Å². The van der Waals surface area contributed by atoms with Crippen LogP contribution >= 0.6 is 0 Å². The maximum atomic E-state index is 5.71. The van der Waals surface area contributed by atoms with E-state index in [9.17, 15) is 0 Å². The van der Waals surface area contributed by atoms with Crippen molar-refractivity contribution in [2.45, 2.75) is 31.8 Å². The van der Waals surface area contributed by atoms with Crippen LogP contribution < -0.4 is 14.8 Å². The summed E-state index contributed by atoms with van der Waals surface area (Å²) in [5.74, 6) is 2.34. The molecule has 2 aliphatic rings. The van der Waals surface area contributed by atoms with Crippen LogP contribution in [-0.2, 0) is 6.54 Å². The highest BCUT2D eigenvalue weighted by atomic mass is 16.5. The monoisotopic (exact) mass is 286 g/mol. The first-order valence-corrected chi connectivity index (χ1v) is 7.47. The van der Waals surface area contributed by atoms with Crippen molar-refractivity contribution < 1.29 is 14.0 Å². The fraction of sp³-hybridized carbons (Fsp3) is 0.438. The van der Waals surface area contributed by atoms with Gasteiger partial charge in [0.1, 0.15) is 0 Å². The minimum atomic E-state index is 0.670. The molecule has 21 heavy (non-hydrogen) atoms. The van der Waals surface area contributed by atoms with Crippen molar-refractivity contribution in [1.82, 2.24) is 10.5 Å². The van der Waals surface area contributed by atoms with Gasteiger partial charge in [-0.2, -0.15) is 0 Å². The number of benzene rings is 1. The van der Waals surface area contributed by atoms with Gasteiger partial charge in [0, 0.05) is 30.6 Å². The van der Waals surface area contributed by atoms with Gasteiger partial charge >= 0.3 is 0 Å². The fourth-order valence-corrected chi connectivity index (χ4v) is 2.38. The number of nitrogens with one attached hydrogen (secondary N) is 1. The molecule has 2 heterocycles. The van der Waals surface area contributed by atoms with E-state index in [0.717, 1.165) is 41.5 Å². The number of nitrogens with zero attached hydrogens (tertiary/aromatic N) is 1. The first kappa shape index (κ1) is 12.7. The Morgan fingerprint density at radius 1 is 1.10 bits per heavy atom. The number of fused-ring (bicyclic) bond motifs is 1. The molecule has 1 aliphatic carbocycles. The molecule has 5 nitrogen and oxygen atoms in total. The first-order chi connectivity index (χ1) is 10.4. The van der Waals surface area contributed by atoms with Gasteiger partial charge in [-0.1, -0.05) is 5.16 Å². The molecule has 5 heteroatoms. The summed E-state index contributed by atoms with van der Waals surface area (Å²) < 4.78 is 16.8. The predicted octanol–water partition coefficient (Wildman–Crippen LogP) is 2.75. The normalized spacial score (nSPS) is 17.5. The number of hydrogen-bond donors (Lipinski definition) is 1. The minimum Gasteiger partial charge on any atom is -0.490 e. The molecule has 0 bridgehead atoms. The van der Waals surface area contributed by atoms with E-state index in [1.165, 1.54) is 12.8 Å². The van der Waals surface area contributed by atoms with Crippen molar-refractivity contribution in [3.05, 3.63) is 30.0 Å². The molecule has 0 saturated heterocycles. The summed E-state index contributed by atoms with van der Waals surface area (Å²) in [6.45, 7) is 2.15. The third-order valence-corrected chi connectivity index (χ3v) is 3.74. The topological polar surface area (TPSA) is 56.5 Å². The van der Waals surface area contributed by atoms with Crippen LogP contribution in [0.3, 0.4) is 0 Å². The van der Waals surface area contributed by atoms with Crippen molar-refractivity contribution in [2.24, 2.45) is 0 Å². The van der Waals surface area contributed by atoms with Gasteiger partial charge in [0.15, 0.2) is 17.3 Å². The van der Waals surface area contributed by atoms with E-state index in [-0.39, 0.29) is 0 Å². The molecule has 0 amide bonds. The van der Waals surface area contributed by atoms with Crippen molar-refractivity contribution in [1.29, 1.82) is 0 Å². The molecule has 4 rings (SSSR count). The molecule has 110 valence electrons. The van der Waals surface area contributed by atoms with Crippen LogP contribution in [0.1, 0.15) is 25.0 Å². The van der Waals surface area contributed by atoms with Gasteiger partial charge in [-0.25, -0.2) is 0 Å². The Morgan fingerprint density at radius 3 is 2.81 bits per heavy atom. The standard InChI is InChI=1S/C16H18N2O3/c1-6-19-14-5-2-11(8-16(14)20-7-1)15-9-13(18-21-15)10-17-12-3-4-12/h2,5,8-9,12,17H,1,3-4,6-7,10H2. The summed E-state index contributed by atoms with van der Waals surface area (Å²) in [4.78, 5) is 0. The molecular weight excluding hydrogens is 268 g/mol. The van der Waals surface area contributed by atoms with Crippen molar-refractivity contribution >= 4 is 0 Å². The van der Waals surface area contributed by atoms with E-state index in [4.69, 9.17) is 14.0 Å². The van der Waals surface area contributed by atoms with E-state index < -0.39 is 0 Å². The molecule has 1 aliphatic heterocycles. The zero-order valence-corrected chi connectivity index (χ0v) is 11.8. The number of rotatable bonds is 4. The van der Waals surface area contributed by atoms with E-state index in [0.29, 0.717) is 19.3 Å². The summed E-state index contributed by atoms with van der Waals surface area (Å²) in [5, 5.41) is 7.54. The Bertz CT molecular complexity index is 634. The van der Waals surface area contributed by atoms with Gasteiger partial charge in [-0.05, 0) is 31.0 Å². The maximum Gasteiger partial charge on any atom is 0.167 e. The maximum absolute atomic E-state index is 5.71. The van der Waals surface area contributed by atoms with Gasteiger partial charge in [0.2, 0.25) is 0 Å². The fourth-order valence-electron chi connectivity index (χ4n) is 2.38. The Labute approximate surface area is 123 Å². The Balaban J connectivity index is 1.53. The van der Waals surface area contributed by atoms with Crippen LogP contribution in [0, 0.1) is 0 Å². The summed E-state index contributed by atoms with van der Waals surface area (Å²) >= 11 is 0. The second-order valence-electron chi connectivity index (χ2n) is 5.55. The van der Waals surface area contributed by atoms with Gasteiger partial charge in [-0.15, -0.1) is 0 Å². The van der Waals surface area contributed by atoms with Gasteiger partial charge in [-0.3, -0.25) is 0 Å². The first-order valence-electron chi connectivity index (χ1n) is 7.47. The molecule has 1 fully saturated rings.